The van der Waals surface area contributed by atoms with Crippen LogP contribution in [0, 0.1) is 0 Å². The first-order chi connectivity index (χ1) is 12.8. The molecule has 0 aromatic heterocycles. The van der Waals surface area contributed by atoms with Crippen molar-refractivity contribution >= 4 is 6.41 Å². The SMILES string of the molecule is CC.COCc1ccccc1.O=CN1CCN(Cc2ccccc2)CC1. The molecule has 142 valence electrons. The molecule has 4 nitrogen and oxygen atoms in total. The van der Waals surface area contributed by atoms with E-state index in [0.29, 0.717) is 6.61 Å². The van der Waals surface area contributed by atoms with Crippen molar-refractivity contribution in [3.63, 3.8) is 0 Å². The minimum atomic E-state index is 0.709. The van der Waals surface area contributed by atoms with Gasteiger partial charge in [0.2, 0.25) is 6.41 Å². The van der Waals surface area contributed by atoms with Crippen LogP contribution in [0.15, 0.2) is 60.7 Å². The van der Waals surface area contributed by atoms with Crippen molar-refractivity contribution in [1.82, 2.24) is 9.80 Å². The molecular formula is C22H32N2O2. The topological polar surface area (TPSA) is 32.8 Å². The molecule has 4 heteroatoms. The van der Waals surface area contributed by atoms with Gasteiger partial charge in [0.25, 0.3) is 0 Å². The summed E-state index contributed by atoms with van der Waals surface area (Å²) < 4.78 is 4.93. The van der Waals surface area contributed by atoms with Crippen LogP contribution in [0.5, 0.6) is 0 Å². The monoisotopic (exact) mass is 356 g/mol. The number of carbonyl (C=O) groups excluding carboxylic acids is 1. The van der Waals surface area contributed by atoms with Crippen LogP contribution < -0.4 is 0 Å². The molecule has 26 heavy (non-hydrogen) atoms. The van der Waals surface area contributed by atoms with Crippen LogP contribution >= 0.6 is 0 Å². The highest BCUT2D eigenvalue weighted by Crippen LogP contribution is 2.07. The van der Waals surface area contributed by atoms with E-state index in [0.717, 1.165) is 39.1 Å². The van der Waals surface area contributed by atoms with Gasteiger partial charge in [-0.3, -0.25) is 9.69 Å². The maximum atomic E-state index is 10.5. The van der Waals surface area contributed by atoms with E-state index in [9.17, 15) is 4.79 Å². The first-order valence-corrected chi connectivity index (χ1v) is 9.30. The fraction of sp³-hybridized carbons (Fsp3) is 0.409. The van der Waals surface area contributed by atoms with Gasteiger partial charge in [-0.05, 0) is 11.1 Å². The van der Waals surface area contributed by atoms with E-state index in [1.165, 1.54) is 11.1 Å². The van der Waals surface area contributed by atoms with Gasteiger partial charge in [-0.25, -0.2) is 0 Å². The first kappa shape index (κ1) is 21.9. The second-order valence-corrected chi connectivity index (χ2v) is 5.82. The van der Waals surface area contributed by atoms with Crippen LogP contribution in [0.2, 0.25) is 0 Å². The maximum Gasteiger partial charge on any atom is 0.209 e. The van der Waals surface area contributed by atoms with Gasteiger partial charge in [0, 0.05) is 39.8 Å². The Kier molecular flexibility index (Phi) is 11.8. The average molecular weight is 357 g/mol. The molecule has 1 aliphatic heterocycles. The highest BCUT2D eigenvalue weighted by atomic mass is 16.5. The van der Waals surface area contributed by atoms with E-state index in [-0.39, 0.29) is 0 Å². The molecule has 0 unspecified atom stereocenters. The fourth-order valence-electron chi connectivity index (χ4n) is 2.61. The fourth-order valence-corrected chi connectivity index (χ4v) is 2.61. The number of carbonyl (C=O) groups is 1. The van der Waals surface area contributed by atoms with Gasteiger partial charge >= 0.3 is 0 Å². The second-order valence-electron chi connectivity index (χ2n) is 5.82. The van der Waals surface area contributed by atoms with Crippen molar-refractivity contribution < 1.29 is 9.53 Å². The van der Waals surface area contributed by atoms with E-state index in [1.807, 2.05) is 55.1 Å². The van der Waals surface area contributed by atoms with Crippen LogP contribution in [-0.2, 0) is 22.7 Å². The Morgan fingerprint density at radius 2 is 1.35 bits per heavy atom. The smallest absolute Gasteiger partial charge is 0.209 e. The first-order valence-electron chi connectivity index (χ1n) is 9.30. The van der Waals surface area contributed by atoms with E-state index in [4.69, 9.17) is 4.74 Å². The maximum absolute atomic E-state index is 10.5. The Morgan fingerprint density at radius 3 is 1.81 bits per heavy atom. The molecule has 3 rings (SSSR count). The summed E-state index contributed by atoms with van der Waals surface area (Å²) in [5.41, 5.74) is 2.57. The highest BCUT2D eigenvalue weighted by molar-refractivity contribution is 5.47. The molecule has 0 N–H and O–H groups in total. The number of rotatable bonds is 5. The number of hydrogen-bond acceptors (Lipinski definition) is 3. The Hall–Kier alpha value is -2.17. The van der Waals surface area contributed by atoms with Crippen LogP contribution in [0.1, 0.15) is 25.0 Å². The standard InChI is InChI=1S/C12H16N2O.C8H10O.C2H6/c15-11-14-8-6-13(7-9-14)10-12-4-2-1-3-5-12;1-9-7-8-5-3-2-4-6-8;1-2/h1-5,11H,6-10H2;2-6H,7H2,1H3;1-2H3. The zero-order valence-corrected chi connectivity index (χ0v) is 16.3. The molecule has 2 aromatic carbocycles. The molecule has 1 fully saturated rings. The molecule has 2 aromatic rings. The van der Waals surface area contributed by atoms with Gasteiger partial charge in [0.05, 0.1) is 6.61 Å². The van der Waals surface area contributed by atoms with Gasteiger partial charge in [0.15, 0.2) is 0 Å². The summed E-state index contributed by atoms with van der Waals surface area (Å²) in [7, 11) is 1.70. The third kappa shape index (κ3) is 8.79. The van der Waals surface area contributed by atoms with E-state index in [1.54, 1.807) is 7.11 Å². The molecule has 0 atom stereocenters. The largest absolute Gasteiger partial charge is 0.380 e. The molecule has 1 amide bonds. The van der Waals surface area contributed by atoms with Crippen molar-refractivity contribution in [2.45, 2.75) is 27.0 Å². The summed E-state index contributed by atoms with van der Waals surface area (Å²) in [6.45, 7) is 9.38. The van der Waals surface area contributed by atoms with Gasteiger partial charge in [-0.1, -0.05) is 74.5 Å². The number of methoxy groups -OCH3 is 1. The quantitative estimate of drug-likeness (QED) is 0.764. The predicted octanol–water partition coefficient (Wildman–Crippen LogP) is 3.82. The van der Waals surface area contributed by atoms with E-state index >= 15 is 0 Å². The summed E-state index contributed by atoms with van der Waals surface area (Å²) in [6, 6.07) is 20.6. The van der Waals surface area contributed by atoms with E-state index in [2.05, 4.69) is 29.2 Å². The third-order valence-electron chi connectivity index (χ3n) is 3.96. The number of benzene rings is 2. The van der Waals surface area contributed by atoms with Crippen molar-refractivity contribution in [3.8, 4) is 0 Å². The van der Waals surface area contributed by atoms with Gasteiger partial charge in [-0.15, -0.1) is 0 Å². The Labute approximate surface area is 158 Å². The number of amides is 1. The van der Waals surface area contributed by atoms with Gasteiger partial charge in [-0.2, -0.15) is 0 Å². The van der Waals surface area contributed by atoms with Gasteiger partial charge < -0.3 is 9.64 Å². The molecule has 1 heterocycles. The predicted molar refractivity (Wildman–Crippen MR) is 108 cm³/mol. The highest BCUT2D eigenvalue weighted by Gasteiger charge is 2.14. The summed E-state index contributed by atoms with van der Waals surface area (Å²) in [5, 5.41) is 0. The minimum Gasteiger partial charge on any atom is -0.380 e. The van der Waals surface area contributed by atoms with Crippen molar-refractivity contribution in [2.75, 3.05) is 33.3 Å². The summed E-state index contributed by atoms with van der Waals surface area (Å²) in [5.74, 6) is 0. The van der Waals surface area contributed by atoms with Crippen molar-refractivity contribution in [3.05, 3.63) is 71.8 Å². The second kappa shape index (κ2) is 14.0. The van der Waals surface area contributed by atoms with Crippen molar-refractivity contribution in [2.24, 2.45) is 0 Å². The zero-order valence-electron chi connectivity index (χ0n) is 16.3. The lowest BCUT2D eigenvalue weighted by atomic mass is 10.2. The Bertz CT molecular complexity index is 567. The van der Waals surface area contributed by atoms with Crippen molar-refractivity contribution in [1.29, 1.82) is 0 Å². The van der Waals surface area contributed by atoms with E-state index < -0.39 is 0 Å². The lowest BCUT2D eigenvalue weighted by Crippen LogP contribution is -2.45. The lowest BCUT2D eigenvalue weighted by molar-refractivity contribution is -0.119. The number of nitrogens with zero attached hydrogens (tertiary/aromatic N) is 2. The van der Waals surface area contributed by atoms with Crippen LogP contribution in [0.3, 0.4) is 0 Å². The Morgan fingerprint density at radius 1 is 0.846 bits per heavy atom. The Balaban J connectivity index is 0.000000263. The number of ether oxygens (including phenoxy) is 1. The lowest BCUT2D eigenvalue weighted by Gasteiger charge is -2.32. The van der Waals surface area contributed by atoms with Gasteiger partial charge in [0.1, 0.15) is 0 Å². The average Bonchev–Trinajstić information content (AvgIpc) is 2.72. The molecule has 0 aliphatic carbocycles. The molecule has 1 aliphatic rings. The third-order valence-corrected chi connectivity index (χ3v) is 3.96. The van der Waals surface area contributed by atoms with Crippen LogP contribution in [0.25, 0.3) is 0 Å². The zero-order chi connectivity index (χ0) is 19.0. The van der Waals surface area contributed by atoms with Crippen LogP contribution in [-0.4, -0.2) is 49.5 Å². The number of hydrogen-bond donors (Lipinski definition) is 0. The molecular weight excluding hydrogens is 324 g/mol. The molecule has 0 spiro atoms. The molecule has 0 bridgehead atoms. The number of piperazine rings is 1. The van der Waals surface area contributed by atoms with Crippen LogP contribution in [0.4, 0.5) is 0 Å². The summed E-state index contributed by atoms with van der Waals surface area (Å²) in [6.07, 6.45) is 0.944. The molecule has 0 saturated carbocycles. The molecule has 0 radical (unpaired) electrons. The minimum absolute atomic E-state index is 0.709. The summed E-state index contributed by atoms with van der Waals surface area (Å²) >= 11 is 0. The normalized spacial score (nSPS) is 13.7. The summed E-state index contributed by atoms with van der Waals surface area (Å²) in [4.78, 5) is 14.8. The molecule has 1 saturated heterocycles.